The summed E-state index contributed by atoms with van der Waals surface area (Å²) in [5.74, 6) is 0.839. The minimum atomic E-state index is -0.272. The van der Waals surface area contributed by atoms with Crippen molar-refractivity contribution in [3.8, 4) is 28.3 Å². The molecule has 2 aromatic carbocycles. The molecule has 4 heterocycles. The number of aromatic nitrogens is 5. The number of anilines is 2. The Morgan fingerprint density at radius 1 is 1.04 bits per heavy atom. The monoisotopic (exact) mass is 644 g/mol. The molecule has 0 radical (unpaired) electrons. The number of carbonyl (C=O) groups is 1. The molecular weight excluding hydrogens is 615 g/mol. The molecule has 0 bridgehead atoms. The van der Waals surface area contributed by atoms with Crippen molar-refractivity contribution in [2.75, 3.05) is 19.0 Å². The van der Waals surface area contributed by atoms with Gasteiger partial charge >= 0.3 is 0 Å². The van der Waals surface area contributed by atoms with Crippen LogP contribution in [0.25, 0.3) is 33.2 Å². The van der Waals surface area contributed by atoms with Crippen LogP contribution in [0.3, 0.4) is 0 Å². The Kier molecular flexibility index (Phi) is 8.66. The largest absolute Gasteiger partial charge is 0.480 e. The fourth-order valence-electron chi connectivity index (χ4n) is 5.39. The second-order valence-corrected chi connectivity index (χ2v) is 11.5. The Labute approximate surface area is 269 Å². The molecule has 1 fully saturated rings. The average molecular weight is 646 g/mol. The van der Waals surface area contributed by atoms with Crippen molar-refractivity contribution in [2.45, 2.75) is 32.4 Å². The van der Waals surface area contributed by atoms with Crippen LogP contribution in [0.15, 0.2) is 59.7 Å². The molecule has 13 heteroatoms. The molecule has 1 atom stereocenters. The Balaban J connectivity index is 1.29. The van der Waals surface area contributed by atoms with Crippen LogP contribution in [0.2, 0.25) is 10.0 Å². The van der Waals surface area contributed by atoms with Crippen LogP contribution in [-0.4, -0.2) is 50.3 Å². The molecule has 3 aromatic heterocycles. The lowest BCUT2D eigenvalue weighted by Gasteiger charge is -2.16. The fraction of sp³-hybridized carbons (Fsp3) is 0.250. The van der Waals surface area contributed by atoms with Gasteiger partial charge in [0.25, 0.3) is 5.56 Å². The zero-order chi connectivity index (χ0) is 31.7. The van der Waals surface area contributed by atoms with Gasteiger partial charge in [-0.3, -0.25) is 14.6 Å². The van der Waals surface area contributed by atoms with Crippen molar-refractivity contribution >= 4 is 51.4 Å². The van der Waals surface area contributed by atoms with Gasteiger partial charge in [0, 0.05) is 60.4 Å². The van der Waals surface area contributed by atoms with Gasteiger partial charge in [-0.25, -0.2) is 14.6 Å². The Morgan fingerprint density at radius 3 is 2.56 bits per heavy atom. The van der Waals surface area contributed by atoms with Gasteiger partial charge in [-0.2, -0.15) is 5.10 Å². The molecule has 5 aromatic rings. The van der Waals surface area contributed by atoms with E-state index in [2.05, 4.69) is 31.0 Å². The molecule has 0 unspecified atom stereocenters. The lowest BCUT2D eigenvalue weighted by atomic mass is 10.0. The third kappa shape index (κ3) is 6.19. The van der Waals surface area contributed by atoms with Crippen molar-refractivity contribution < 1.29 is 9.53 Å². The lowest BCUT2D eigenvalue weighted by Crippen LogP contribution is -2.35. The van der Waals surface area contributed by atoms with Crippen LogP contribution in [0, 0.1) is 6.92 Å². The topological polar surface area (TPSA) is 136 Å². The highest BCUT2D eigenvalue weighted by molar-refractivity contribution is 6.39. The number of fused-ring (bicyclic) bond motifs is 1. The first-order chi connectivity index (χ1) is 21.7. The first-order valence-corrected chi connectivity index (χ1v) is 15.1. The second-order valence-electron chi connectivity index (χ2n) is 10.8. The highest BCUT2D eigenvalue weighted by Gasteiger charge is 2.21. The zero-order valence-corrected chi connectivity index (χ0v) is 26.3. The quantitative estimate of drug-likeness (QED) is 0.198. The lowest BCUT2D eigenvalue weighted by molar-refractivity contribution is -0.119. The highest BCUT2D eigenvalue weighted by atomic mass is 35.5. The SMILES string of the molecule is COc1nc(-c2cccc(-c3cccc(Nc4nc(C)cc5cnn(C)c(=O)c45)c3Cl)c2Cl)cnc1CNC[C@@H]1CCC(=O)N1. The van der Waals surface area contributed by atoms with Gasteiger partial charge in [-0.1, -0.05) is 53.5 Å². The minimum absolute atomic E-state index is 0.0775. The van der Waals surface area contributed by atoms with Gasteiger partial charge in [-0.05, 0) is 25.5 Å². The van der Waals surface area contributed by atoms with Crippen molar-refractivity contribution in [1.82, 2.24) is 35.4 Å². The van der Waals surface area contributed by atoms with E-state index in [0.29, 0.717) is 85.8 Å². The van der Waals surface area contributed by atoms with Crippen LogP contribution in [0.4, 0.5) is 11.5 Å². The molecule has 45 heavy (non-hydrogen) atoms. The van der Waals surface area contributed by atoms with E-state index in [1.807, 2.05) is 49.4 Å². The van der Waals surface area contributed by atoms with Gasteiger partial charge in [-0.15, -0.1) is 0 Å². The molecule has 11 nitrogen and oxygen atoms in total. The molecule has 0 aliphatic carbocycles. The molecular formula is C32H30Cl2N8O3. The molecule has 0 saturated carbocycles. The predicted molar refractivity (Wildman–Crippen MR) is 175 cm³/mol. The van der Waals surface area contributed by atoms with Crippen LogP contribution in [-0.2, 0) is 18.4 Å². The van der Waals surface area contributed by atoms with E-state index >= 15 is 0 Å². The van der Waals surface area contributed by atoms with Gasteiger partial charge in [0.2, 0.25) is 11.8 Å². The maximum absolute atomic E-state index is 13.0. The van der Waals surface area contributed by atoms with Crippen LogP contribution < -0.4 is 26.2 Å². The van der Waals surface area contributed by atoms with Gasteiger partial charge < -0.3 is 20.7 Å². The van der Waals surface area contributed by atoms with E-state index < -0.39 is 0 Å². The summed E-state index contributed by atoms with van der Waals surface area (Å²) in [6.07, 6.45) is 4.66. The van der Waals surface area contributed by atoms with E-state index in [0.717, 1.165) is 12.1 Å². The number of methoxy groups -OCH3 is 1. The Bertz CT molecular complexity index is 2000. The smallest absolute Gasteiger partial charge is 0.278 e. The summed E-state index contributed by atoms with van der Waals surface area (Å²) in [6.45, 7) is 2.91. The summed E-state index contributed by atoms with van der Waals surface area (Å²) in [5, 5.41) is 15.6. The predicted octanol–water partition coefficient (Wildman–Crippen LogP) is 5.19. The van der Waals surface area contributed by atoms with Crippen molar-refractivity contribution in [3.63, 3.8) is 0 Å². The number of hydrogen-bond acceptors (Lipinski definition) is 9. The number of hydrogen-bond donors (Lipinski definition) is 3. The first kappa shape index (κ1) is 30.4. The van der Waals surface area contributed by atoms with E-state index in [1.54, 1.807) is 26.6 Å². The number of nitrogens with one attached hydrogen (secondary N) is 3. The summed E-state index contributed by atoms with van der Waals surface area (Å²) < 4.78 is 6.83. The summed E-state index contributed by atoms with van der Waals surface area (Å²) in [5.41, 5.74) is 4.22. The number of ether oxygens (including phenoxy) is 1. The first-order valence-electron chi connectivity index (χ1n) is 14.3. The fourth-order valence-corrected chi connectivity index (χ4v) is 5.99. The standard InChI is InChI=1S/C32H30Cl2N8O3/c1-17-12-18-13-37-42(2)32(44)27(18)30(38-17)40-23-9-5-7-21(29(23)34)20-6-4-8-22(28(20)33)24-16-36-25(31(41-24)45-3)15-35-14-19-10-11-26(43)39-19/h4-9,12-13,16,19,35H,10-11,14-15H2,1-3H3,(H,38,40)(H,39,43)/t19-/m0/s1. The molecule has 6 rings (SSSR count). The zero-order valence-electron chi connectivity index (χ0n) is 24.8. The summed E-state index contributed by atoms with van der Waals surface area (Å²) in [6, 6.07) is 13.1. The number of amides is 1. The molecule has 230 valence electrons. The molecule has 1 aliphatic heterocycles. The number of pyridine rings is 1. The second kappa shape index (κ2) is 12.8. The van der Waals surface area contributed by atoms with Crippen LogP contribution in [0.5, 0.6) is 5.88 Å². The molecule has 0 spiro atoms. The summed E-state index contributed by atoms with van der Waals surface area (Å²) in [4.78, 5) is 38.3. The van der Waals surface area contributed by atoms with Crippen LogP contribution in [0.1, 0.15) is 24.2 Å². The Morgan fingerprint density at radius 2 is 1.80 bits per heavy atom. The summed E-state index contributed by atoms with van der Waals surface area (Å²) >= 11 is 14.0. The average Bonchev–Trinajstić information content (AvgIpc) is 3.45. The van der Waals surface area contributed by atoms with Crippen LogP contribution >= 0.6 is 23.2 Å². The number of benzene rings is 2. The molecule has 1 saturated heterocycles. The molecule has 3 N–H and O–H groups in total. The van der Waals surface area contributed by atoms with E-state index in [4.69, 9.17) is 32.9 Å². The van der Waals surface area contributed by atoms with Gasteiger partial charge in [0.15, 0.2) is 0 Å². The third-order valence-electron chi connectivity index (χ3n) is 7.65. The van der Waals surface area contributed by atoms with E-state index in [-0.39, 0.29) is 17.5 Å². The maximum Gasteiger partial charge on any atom is 0.278 e. The number of carbonyl (C=O) groups excluding carboxylic acids is 1. The van der Waals surface area contributed by atoms with Crippen molar-refractivity contribution in [1.29, 1.82) is 0 Å². The van der Waals surface area contributed by atoms with E-state index in [1.165, 1.54) is 4.68 Å². The third-order valence-corrected chi connectivity index (χ3v) is 8.46. The van der Waals surface area contributed by atoms with Gasteiger partial charge in [0.05, 0.1) is 46.3 Å². The normalized spacial score (nSPS) is 14.5. The Hall–Kier alpha value is -4.58. The molecule has 1 amide bonds. The maximum atomic E-state index is 13.0. The summed E-state index contributed by atoms with van der Waals surface area (Å²) in [7, 11) is 3.14. The number of nitrogens with zero attached hydrogens (tertiary/aromatic N) is 5. The van der Waals surface area contributed by atoms with Gasteiger partial charge in [0.1, 0.15) is 11.5 Å². The minimum Gasteiger partial charge on any atom is -0.480 e. The number of aryl methyl sites for hydroxylation is 2. The number of rotatable bonds is 9. The number of halogens is 2. The highest BCUT2D eigenvalue weighted by Crippen LogP contribution is 2.42. The van der Waals surface area contributed by atoms with Crippen molar-refractivity contribution in [3.05, 3.63) is 86.6 Å². The van der Waals surface area contributed by atoms with Crippen molar-refractivity contribution in [2.24, 2.45) is 7.05 Å². The molecule has 1 aliphatic rings. The van der Waals surface area contributed by atoms with E-state index in [9.17, 15) is 9.59 Å².